The molecule has 142 valence electrons. The maximum absolute atomic E-state index is 12.8. The van der Waals surface area contributed by atoms with Crippen LogP contribution in [0.15, 0.2) is 18.2 Å². The number of hydrazine groups is 1. The fraction of sp³-hybridized carbons (Fsp3) is 0.444. The number of carbonyl (C=O) groups is 4. The topological polar surface area (TPSA) is 111 Å². The first-order valence-electron chi connectivity index (χ1n) is 9.08. The van der Waals surface area contributed by atoms with E-state index in [2.05, 4.69) is 21.1 Å². The third-order valence-corrected chi connectivity index (χ3v) is 5.13. The SMILES string of the molecule is O=C1CCC(N2C(=O)c3ccc(CNN4CCNCC4)cc3C2=O)C(=O)N1. The van der Waals surface area contributed by atoms with Crippen LogP contribution < -0.4 is 16.1 Å². The maximum atomic E-state index is 12.8. The molecule has 1 atom stereocenters. The smallest absolute Gasteiger partial charge is 0.262 e. The van der Waals surface area contributed by atoms with Crippen LogP contribution in [-0.2, 0) is 16.1 Å². The summed E-state index contributed by atoms with van der Waals surface area (Å²) in [7, 11) is 0. The van der Waals surface area contributed by atoms with Gasteiger partial charge in [-0.1, -0.05) is 6.07 Å². The molecule has 4 amide bonds. The summed E-state index contributed by atoms with van der Waals surface area (Å²) >= 11 is 0. The molecule has 1 aromatic rings. The number of piperazine rings is 1. The molecular weight excluding hydrogens is 350 g/mol. The summed E-state index contributed by atoms with van der Waals surface area (Å²) in [6, 6.07) is 4.22. The molecule has 0 aliphatic carbocycles. The largest absolute Gasteiger partial charge is 0.314 e. The third-order valence-electron chi connectivity index (χ3n) is 5.13. The van der Waals surface area contributed by atoms with Gasteiger partial charge in [-0.3, -0.25) is 34.8 Å². The first kappa shape index (κ1) is 17.8. The Morgan fingerprint density at radius 3 is 2.52 bits per heavy atom. The van der Waals surface area contributed by atoms with Crippen LogP contribution in [0, 0.1) is 0 Å². The number of fused-ring (bicyclic) bond motifs is 1. The van der Waals surface area contributed by atoms with Crippen molar-refractivity contribution in [3.05, 3.63) is 34.9 Å². The van der Waals surface area contributed by atoms with E-state index in [1.165, 1.54) is 0 Å². The van der Waals surface area contributed by atoms with E-state index in [0.29, 0.717) is 17.7 Å². The van der Waals surface area contributed by atoms with Gasteiger partial charge in [-0.25, -0.2) is 5.01 Å². The van der Waals surface area contributed by atoms with E-state index >= 15 is 0 Å². The fourth-order valence-corrected chi connectivity index (χ4v) is 3.65. The van der Waals surface area contributed by atoms with Crippen molar-refractivity contribution in [2.75, 3.05) is 26.2 Å². The van der Waals surface area contributed by atoms with Crippen LogP contribution in [0.3, 0.4) is 0 Å². The Labute approximate surface area is 156 Å². The quantitative estimate of drug-likeness (QED) is 0.582. The number of carbonyl (C=O) groups excluding carboxylic acids is 4. The standard InChI is InChI=1S/C18H21N5O4/c24-15-4-3-14(16(25)21-15)23-17(26)12-2-1-11(9-13(12)18(23)27)10-20-22-7-5-19-6-8-22/h1-2,9,14,19-20H,3-8,10H2,(H,21,24,25). The molecule has 0 radical (unpaired) electrons. The lowest BCUT2D eigenvalue weighted by Crippen LogP contribution is -2.54. The normalized spacial score (nSPS) is 23.6. The van der Waals surface area contributed by atoms with Gasteiger partial charge in [0.1, 0.15) is 6.04 Å². The first-order chi connectivity index (χ1) is 13.0. The van der Waals surface area contributed by atoms with Crippen molar-refractivity contribution in [1.29, 1.82) is 0 Å². The van der Waals surface area contributed by atoms with Gasteiger partial charge in [-0.2, -0.15) is 0 Å². The molecular formula is C18H21N5O4. The summed E-state index contributed by atoms with van der Waals surface area (Å²) in [5, 5.41) is 7.59. The molecule has 3 heterocycles. The molecule has 1 aromatic carbocycles. The summed E-state index contributed by atoms with van der Waals surface area (Å²) in [6.07, 6.45) is 0.275. The molecule has 2 fully saturated rings. The second-order valence-corrected chi connectivity index (χ2v) is 6.90. The molecule has 1 unspecified atom stereocenters. The highest BCUT2D eigenvalue weighted by Gasteiger charge is 2.44. The van der Waals surface area contributed by atoms with E-state index in [9.17, 15) is 19.2 Å². The van der Waals surface area contributed by atoms with Gasteiger partial charge in [0, 0.05) is 39.1 Å². The zero-order valence-corrected chi connectivity index (χ0v) is 14.8. The Balaban J connectivity index is 1.49. The van der Waals surface area contributed by atoms with Crippen LogP contribution in [0.25, 0.3) is 0 Å². The van der Waals surface area contributed by atoms with E-state index in [0.717, 1.165) is 36.6 Å². The number of piperidine rings is 1. The number of benzene rings is 1. The van der Waals surface area contributed by atoms with Crippen molar-refractivity contribution in [3.8, 4) is 0 Å². The second-order valence-electron chi connectivity index (χ2n) is 6.90. The van der Waals surface area contributed by atoms with E-state index < -0.39 is 23.8 Å². The van der Waals surface area contributed by atoms with Gasteiger partial charge < -0.3 is 5.32 Å². The average molecular weight is 371 g/mol. The molecule has 0 bridgehead atoms. The van der Waals surface area contributed by atoms with Crippen LogP contribution in [0.2, 0.25) is 0 Å². The van der Waals surface area contributed by atoms with Crippen molar-refractivity contribution >= 4 is 23.6 Å². The summed E-state index contributed by atoms with van der Waals surface area (Å²) in [4.78, 5) is 49.8. The van der Waals surface area contributed by atoms with Crippen molar-refractivity contribution in [1.82, 2.24) is 26.0 Å². The zero-order chi connectivity index (χ0) is 19.0. The predicted molar refractivity (Wildman–Crippen MR) is 94.4 cm³/mol. The summed E-state index contributed by atoms with van der Waals surface area (Å²) in [5.41, 5.74) is 4.82. The number of hydrogen-bond acceptors (Lipinski definition) is 7. The molecule has 3 aliphatic heterocycles. The predicted octanol–water partition coefficient (Wildman–Crippen LogP) is -1.00. The van der Waals surface area contributed by atoms with E-state index in [-0.39, 0.29) is 18.7 Å². The average Bonchev–Trinajstić information content (AvgIpc) is 2.92. The van der Waals surface area contributed by atoms with Gasteiger partial charge in [0.2, 0.25) is 11.8 Å². The monoisotopic (exact) mass is 371 g/mol. The Morgan fingerprint density at radius 2 is 1.78 bits per heavy atom. The lowest BCUT2D eigenvalue weighted by molar-refractivity contribution is -0.136. The van der Waals surface area contributed by atoms with Crippen molar-refractivity contribution in [2.45, 2.75) is 25.4 Å². The van der Waals surface area contributed by atoms with Crippen molar-refractivity contribution < 1.29 is 19.2 Å². The van der Waals surface area contributed by atoms with E-state index in [1.807, 2.05) is 6.07 Å². The molecule has 9 heteroatoms. The highest BCUT2D eigenvalue weighted by molar-refractivity contribution is 6.23. The van der Waals surface area contributed by atoms with Gasteiger partial charge in [0.15, 0.2) is 0 Å². The second kappa shape index (κ2) is 7.18. The Morgan fingerprint density at radius 1 is 1.04 bits per heavy atom. The number of imide groups is 2. The van der Waals surface area contributed by atoms with Crippen LogP contribution in [0.1, 0.15) is 39.1 Å². The Kier molecular flexibility index (Phi) is 4.73. The molecule has 0 saturated carbocycles. The zero-order valence-electron chi connectivity index (χ0n) is 14.8. The molecule has 9 nitrogen and oxygen atoms in total. The minimum absolute atomic E-state index is 0.115. The lowest BCUT2D eigenvalue weighted by Gasteiger charge is -2.28. The number of nitrogens with zero attached hydrogens (tertiary/aromatic N) is 2. The summed E-state index contributed by atoms with van der Waals surface area (Å²) in [5.74, 6) is -1.94. The molecule has 0 aromatic heterocycles. The van der Waals surface area contributed by atoms with Gasteiger partial charge in [-0.15, -0.1) is 0 Å². The van der Waals surface area contributed by atoms with Gasteiger partial charge in [0.05, 0.1) is 11.1 Å². The fourth-order valence-electron chi connectivity index (χ4n) is 3.65. The van der Waals surface area contributed by atoms with E-state index in [4.69, 9.17) is 0 Å². The van der Waals surface area contributed by atoms with E-state index in [1.54, 1.807) is 12.1 Å². The third kappa shape index (κ3) is 3.36. The van der Waals surface area contributed by atoms with Gasteiger partial charge >= 0.3 is 0 Å². The van der Waals surface area contributed by atoms with Crippen LogP contribution in [0.5, 0.6) is 0 Å². The number of nitrogens with one attached hydrogen (secondary N) is 3. The minimum atomic E-state index is -0.933. The highest BCUT2D eigenvalue weighted by atomic mass is 16.2. The van der Waals surface area contributed by atoms with Crippen molar-refractivity contribution in [2.24, 2.45) is 0 Å². The van der Waals surface area contributed by atoms with Gasteiger partial charge in [-0.05, 0) is 24.1 Å². The first-order valence-corrected chi connectivity index (χ1v) is 9.08. The minimum Gasteiger partial charge on any atom is -0.314 e. The molecule has 0 spiro atoms. The molecule has 2 saturated heterocycles. The maximum Gasteiger partial charge on any atom is 0.262 e. The molecule has 4 rings (SSSR count). The van der Waals surface area contributed by atoms with Crippen LogP contribution >= 0.6 is 0 Å². The lowest BCUT2D eigenvalue weighted by atomic mass is 10.0. The highest BCUT2D eigenvalue weighted by Crippen LogP contribution is 2.28. The van der Waals surface area contributed by atoms with Gasteiger partial charge in [0.25, 0.3) is 11.8 Å². The van der Waals surface area contributed by atoms with Crippen LogP contribution in [0.4, 0.5) is 0 Å². The number of hydrogen-bond donors (Lipinski definition) is 3. The Hall–Kier alpha value is -2.62. The number of amides is 4. The summed E-state index contributed by atoms with van der Waals surface area (Å²) in [6.45, 7) is 4.18. The molecule has 27 heavy (non-hydrogen) atoms. The summed E-state index contributed by atoms with van der Waals surface area (Å²) < 4.78 is 0. The number of rotatable bonds is 4. The molecule has 3 aliphatic rings. The Bertz CT molecular complexity index is 818. The van der Waals surface area contributed by atoms with Crippen LogP contribution in [-0.4, -0.2) is 65.8 Å². The van der Waals surface area contributed by atoms with Crippen molar-refractivity contribution in [3.63, 3.8) is 0 Å². The molecule has 3 N–H and O–H groups in total.